The summed E-state index contributed by atoms with van der Waals surface area (Å²) in [6, 6.07) is 0. The Morgan fingerprint density at radius 3 is 2.42 bits per heavy atom. The average molecular weight is 170 g/mol. The summed E-state index contributed by atoms with van der Waals surface area (Å²) in [6.45, 7) is 10.7. The van der Waals surface area contributed by atoms with Crippen LogP contribution in [0.2, 0.25) is 0 Å². The molecule has 0 aliphatic carbocycles. The molecule has 0 spiro atoms. The summed E-state index contributed by atoms with van der Waals surface area (Å²) in [7, 11) is 0. The van der Waals surface area contributed by atoms with E-state index in [1.165, 1.54) is 4.90 Å². The van der Waals surface area contributed by atoms with E-state index in [-0.39, 0.29) is 5.54 Å². The van der Waals surface area contributed by atoms with Gasteiger partial charge in [-0.15, -0.1) is 0 Å². The molecule has 1 rings (SSSR count). The van der Waals surface area contributed by atoms with Crippen molar-refractivity contribution in [3.63, 3.8) is 0 Å². The molecule has 70 valence electrons. The van der Waals surface area contributed by atoms with Crippen LogP contribution in [0.15, 0.2) is 0 Å². The molecule has 1 saturated heterocycles. The molecule has 1 aliphatic rings. The van der Waals surface area contributed by atoms with Gasteiger partial charge in [0.25, 0.3) is 0 Å². The Morgan fingerprint density at radius 1 is 1.42 bits per heavy atom. The third kappa shape index (κ3) is 2.31. The highest BCUT2D eigenvalue weighted by molar-refractivity contribution is 5.80. The van der Waals surface area contributed by atoms with Crippen molar-refractivity contribution in [2.24, 2.45) is 5.92 Å². The van der Waals surface area contributed by atoms with Gasteiger partial charge in [-0.25, -0.2) is 0 Å². The number of Topliss-reactive ketones (excluding diaryl/α,β-unsaturated/α-hetero) is 1. The summed E-state index contributed by atoms with van der Waals surface area (Å²) in [5.74, 6) is 0.999. The fraction of sp³-hybridized carbons (Fsp3) is 0.900. The van der Waals surface area contributed by atoms with Gasteiger partial charge in [0.1, 0.15) is 6.54 Å². The van der Waals surface area contributed by atoms with Crippen molar-refractivity contribution >= 4 is 5.78 Å². The van der Waals surface area contributed by atoms with Crippen LogP contribution in [0.3, 0.4) is 0 Å². The maximum atomic E-state index is 11.3. The fourth-order valence-corrected chi connectivity index (χ4v) is 1.84. The topological polar surface area (TPSA) is 21.5 Å². The Hall–Kier alpha value is -0.370. The molecule has 0 amide bonds. The predicted molar refractivity (Wildman–Crippen MR) is 49.2 cm³/mol. The van der Waals surface area contributed by atoms with Gasteiger partial charge in [-0.3, -0.25) is 4.79 Å². The molecule has 2 heteroatoms. The fourth-order valence-electron chi connectivity index (χ4n) is 1.84. The normalized spacial score (nSPS) is 32.2. The monoisotopic (exact) mass is 170 g/mol. The first kappa shape index (κ1) is 9.72. The second kappa shape index (κ2) is 3.17. The smallest absolute Gasteiger partial charge is 0.187 e. The molecular formula is C10H20NO+. The number of quaternary nitrogens is 1. The van der Waals surface area contributed by atoms with Crippen LogP contribution in [0.5, 0.6) is 0 Å². The third-order valence-corrected chi connectivity index (χ3v) is 2.64. The number of rotatable bonds is 0. The van der Waals surface area contributed by atoms with E-state index in [9.17, 15) is 4.79 Å². The first-order valence-electron chi connectivity index (χ1n) is 4.76. The van der Waals surface area contributed by atoms with E-state index in [2.05, 4.69) is 27.7 Å². The van der Waals surface area contributed by atoms with Gasteiger partial charge in [-0.05, 0) is 20.8 Å². The van der Waals surface area contributed by atoms with Gasteiger partial charge < -0.3 is 4.90 Å². The number of hydrogen-bond donors (Lipinski definition) is 1. The molecule has 0 aromatic rings. The average Bonchev–Trinajstić information content (AvgIpc) is 1.82. The highest BCUT2D eigenvalue weighted by Crippen LogP contribution is 2.05. The van der Waals surface area contributed by atoms with E-state index in [1.54, 1.807) is 0 Å². The second-order valence-corrected chi connectivity index (χ2v) is 5.08. The number of nitrogens with one attached hydrogen (secondary N) is 1. The Bertz CT molecular complexity index is 181. The van der Waals surface area contributed by atoms with E-state index in [4.69, 9.17) is 0 Å². The summed E-state index contributed by atoms with van der Waals surface area (Å²) in [5, 5.41) is 0. The van der Waals surface area contributed by atoms with Crippen molar-refractivity contribution in [2.75, 3.05) is 13.1 Å². The molecule has 0 aromatic heterocycles. The number of carbonyl (C=O) groups excluding carboxylic acids is 1. The molecule has 12 heavy (non-hydrogen) atoms. The molecule has 1 unspecified atom stereocenters. The van der Waals surface area contributed by atoms with Crippen LogP contribution in [0.4, 0.5) is 0 Å². The number of hydrogen-bond acceptors (Lipinski definition) is 1. The Morgan fingerprint density at radius 2 is 2.00 bits per heavy atom. The van der Waals surface area contributed by atoms with Gasteiger partial charge in [0.15, 0.2) is 5.78 Å². The first-order valence-corrected chi connectivity index (χ1v) is 4.76. The number of carbonyl (C=O) groups is 1. The summed E-state index contributed by atoms with van der Waals surface area (Å²) >= 11 is 0. The summed E-state index contributed by atoms with van der Waals surface area (Å²) < 4.78 is 0. The lowest BCUT2D eigenvalue weighted by atomic mass is 9.94. The summed E-state index contributed by atoms with van der Waals surface area (Å²) in [4.78, 5) is 12.7. The lowest BCUT2D eigenvalue weighted by molar-refractivity contribution is -0.944. The molecule has 1 N–H and O–H groups in total. The molecule has 2 atom stereocenters. The number of likely N-dealkylation sites (tertiary alicyclic amines) is 1. The molecule has 1 heterocycles. The molecule has 0 aromatic carbocycles. The standard InChI is InChI=1S/C10H19NO/c1-8-5-9(12)7-11(6-8)10(2,3)4/h8H,5-7H2,1-4H3/p+1/t8-/m1/s1. The van der Waals surface area contributed by atoms with Gasteiger partial charge in [-0.2, -0.15) is 0 Å². The summed E-state index contributed by atoms with van der Waals surface area (Å²) in [5.41, 5.74) is 0.227. The van der Waals surface area contributed by atoms with Crippen LogP contribution in [-0.4, -0.2) is 24.4 Å². The van der Waals surface area contributed by atoms with Crippen LogP contribution < -0.4 is 4.90 Å². The highest BCUT2D eigenvalue weighted by atomic mass is 16.1. The zero-order chi connectivity index (χ0) is 9.35. The zero-order valence-electron chi connectivity index (χ0n) is 8.61. The lowest BCUT2D eigenvalue weighted by Crippen LogP contribution is -3.21. The van der Waals surface area contributed by atoms with Crippen LogP contribution in [0.1, 0.15) is 34.1 Å². The minimum absolute atomic E-state index is 0.227. The van der Waals surface area contributed by atoms with E-state index in [0.717, 1.165) is 19.5 Å². The van der Waals surface area contributed by atoms with Crippen LogP contribution in [0.25, 0.3) is 0 Å². The SMILES string of the molecule is C[C@@H]1CC(=O)C[NH+](C(C)(C)C)C1. The van der Waals surface area contributed by atoms with Gasteiger partial charge in [-0.1, -0.05) is 6.92 Å². The minimum atomic E-state index is 0.227. The van der Waals surface area contributed by atoms with E-state index < -0.39 is 0 Å². The van der Waals surface area contributed by atoms with E-state index in [0.29, 0.717) is 11.7 Å². The summed E-state index contributed by atoms with van der Waals surface area (Å²) in [6.07, 6.45) is 0.791. The Labute approximate surface area is 74.9 Å². The predicted octanol–water partition coefficient (Wildman–Crippen LogP) is 0.279. The molecule has 1 fully saturated rings. The van der Waals surface area contributed by atoms with Crippen molar-refractivity contribution in [2.45, 2.75) is 39.7 Å². The van der Waals surface area contributed by atoms with Gasteiger partial charge in [0.05, 0.1) is 12.1 Å². The van der Waals surface area contributed by atoms with E-state index >= 15 is 0 Å². The van der Waals surface area contributed by atoms with Crippen molar-refractivity contribution in [1.82, 2.24) is 0 Å². The minimum Gasteiger partial charge on any atom is -0.324 e. The van der Waals surface area contributed by atoms with Crippen molar-refractivity contribution in [1.29, 1.82) is 0 Å². The maximum Gasteiger partial charge on any atom is 0.187 e. The van der Waals surface area contributed by atoms with Crippen molar-refractivity contribution < 1.29 is 9.69 Å². The Kier molecular flexibility index (Phi) is 2.57. The molecule has 2 nitrogen and oxygen atoms in total. The maximum absolute atomic E-state index is 11.3. The van der Waals surface area contributed by atoms with Crippen molar-refractivity contribution in [3.8, 4) is 0 Å². The first-order chi connectivity index (χ1) is 5.39. The molecule has 0 radical (unpaired) electrons. The quantitative estimate of drug-likeness (QED) is 0.554. The van der Waals surface area contributed by atoms with Crippen LogP contribution in [0, 0.1) is 5.92 Å². The van der Waals surface area contributed by atoms with Crippen LogP contribution in [-0.2, 0) is 4.79 Å². The largest absolute Gasteiger partial charge is 0.324 e. The van der Waals surface area contributed by atoms with Gasteiger partial charge in [0.2, 0.25) is 0 Å². The highest BCUT2D eigenvalue weighted by Gasteiger charge is 2.33. The zero-order valence-corrected chi connectivity index (χ0v) is 8.61. The molecular weight excluding hydrogens is 150 g/mol. The third-order valence-electron chi connectivity index (χ3n) is 2.64. The molecule has 1 aliphatic heterocycles. The molecule has 0 saturated carbocycles. The van der Waals surface area contributed by atoms with E-state index in [1.807, 2.05) is 0 Å². The van der Waals surface area contributed by atoms with Gasteiger partial charge >= 0.3 is 0 Å². The van der Waals surface area contributed by atoms with Crippen LogP contribution >= 0.6 is 0 Å². The lowest BCUT2D eigenvalue weighted by Gasteiger charge is -2.36. The second-order valence-electron chi connectivity index (χ2n) is 5.08. The van der Waals surface area contributed by atoms with Gasteiger partial charge in [0, 0.05) is 12.3 Å². The Balaban J connectivity index is 2.62. The number of ketones is 1. The molecule has 0 bridgehead atoms. The number of piperidine rings is 1. The van der Waals surface area contributed by atoms with Crippen molar-refractivity contribution in [3.05, 3.63) is 0 Å².